The van der Waals surface area contributed by atoms with Gasteiger partial charge < -0.3 is 20.7 Å². The van der Waals surface area contributed by atoms with Gasteiger partial charge in [-0.25, -0.2) is 0 Å². The van der Waals surface area contributed by atoms with E-state index >= 15 is 0 Å². The van der Waals surface area contributed by atoms with Gasteiger partial charge in [0.2, 0.25) is 0 Å². The molecule has 11 heavy (non-hydrogen) atoms. The summed E-state index contributed by atoms with van der Waals surface area (Å²) in [6.45, 7) is 2.35. The normalized spacial score (nSPS) is 16.4. The molecule has 0 bridgehead atoms. The molecule has 0 aliphatic carbocycles. The van der Waals surface area contributed by atoms with Gasteiger partial charge in [0, 0.05) is 6.04 Å². The van der Waals surface area contributed by atoms with Crippen molar-refractivity contribution >= 4 is 0 Å². The highest BCUT2D eigenvalue weighted by molar-refractivity contribution is 4.61. The van der Waals surface area contributed by atoms with Gasteiger partial charge in [-0.15, -0.1) is 0 Å². The molecule has 0 saturated heterocycles. The van der Waals surface area contributed by atoms with Crippen molar-refractivity contribution in [3.63, 3.8) is 0 Å². The van der Waals surface area contributed by atoms with E-state index in [2.05, 4.69) is 0 Å². The van der Waals surface area contributed by atoms with Crippen LogP contribution in [0.3, 0.4) is 0 Å². The molecule has 4 heteroatoms. The van der Waals surface area contributed by atoms with Crippen LogP contribution in [0.15, 0.2) is 0 Å². The number of nitrogens with two attached hydrogens (primary N) is 1. The first-order chi connectivity index (χ1) is 5.16. The summed E-state index contributed by atoms with van der Waals surface area (Å²) >= 11 is 0. The molecule has 0 fully saturated rings. The van der Waals surface area contributed by atoms with E-state index in [1.54, 1.807) is 0 Å². The van der Waals surface area contributed by atoms with Crippen LogP contribution in [0.5, 0.6) is 0 Å². The van der Waals surface area contributed by atoms with Gasteiger partial charge in [0.05, 0.1) is 25.9 Å². The molecule has 2 unspecified atom stereocenters. The summed E-state index contributed by atoms with van der Waals surface area (Å²) in [5.74, 6) is 0. The maximum absolute atomic E-state index is 9.16. The molecule has 0 radical (unpaired) electrons. The van der Waals surface area contributed by atoms with Gasteiger partial charge in [0.25, 0.3) is 0 Å². The van der Waals surface area contributed by atoms with Crippen molar-refractivity contribution in [1.82, 2.24) is 0 Å². The molecule has 0 heterocycles. The van der Waals surface area contributed by atoms with Gasteiger partial charge in [-0.05, 0) is 13.3 Å². The third-order valence-corrected chi connectivity index (χ3v) is 1.19. The van der Waals surface area contributed by atoms with Crippen LogP contribution >= 0.6 is 0 Å². The van der Waals surface area contributed by atoms with Crippen molar-refractivity contribution in [2.75, 3.05) is 19.8 Å². The largest absolute Gasteiger partial charge is 0.394 e. The predicted octanol–water partition coefficient (Wildman–Crippen LogP) is -0.906. The monoisotopic (exact) mass is 163 g/mol. The first-order valence-electron chi connectivity index (χ1n) is 3.79. The average molecular weight is 163 g/mol. The molecule has 2 atom stereocenters. The zero-order valence-corrected chi connectivity index (χ0v) is 6.86. The van der Waals surface area contributed by atoms with Crippen LogP contribution < -0.4 is 5.73 Å². The summed E-state index contributed by atoms with van der Waals surface area (Å²) in [5.41, 5.74) is 5.43. The Kier molecular flexibility index (Phi) is 6.45. The van der Waals surface area contributed by atoms with Crippen LogP contribution in [0.4, 0.5) is 0 Å². The van der Waals surface area contributed by atoms with Gasteiger partial charge in [0.1, 0.15) is 0 Å². The van der Waals surface area contributed by atoms with Crippen molar-refractivity contribution in [2.45, 2.75) is 25.5 Å². The topological polar surface area (TPSA) is 75.7 Å². The fourth-order valence-corrected chi connectivity index (χ4v) is 0.781. The van der Waals surface area contributed by atoms with Crippen molar-refractivity contribution in [3.8, 4) is 0 Å². The highest BCUT2D eigenvalue weighted by Crippen LogP contribution is 1.95. The van der Waals surface area contributed by atoms with E-state index in [9.17, 15) is 0 Å². The van der Waals surface area contributed by atoms with E-state index in [1.165, 1.54) is 0 Å². The molecule has 0 aliphatic heterocycles. The molecular formula is C7H17NO3. The molecule has 0 aromatic rings. The van der Waals surface area contributed by atoms with E-state index in [1.807, 2.05) is 6.92 Å². The van der Waals surface area contributed by atoms with E-state index in [0.717, 1.165) is 0 Å². The summed E-state index contributed by atoms with van der Waals surface area (Å²) in [5, 5.41) is 17.5. The van der Waals surface area contributed by atoms with Gasteiger partial charge in [0.15, 0.2) is 0 Å². The van der Waals surface area contributed by atoms with Gasteiger partial charge in [-0.3, -0.25) is 0 Å². The second-order valence-electron chi connectivity index (χ2n) is 2.67. The van der Waals surface area contributed by atoms with E-state index in [4.69, 9.17) is 20.7 Å². The molecule has 0 aromatic heterocycles. The lowest BCUT2D eigenvalue weighted by molar-refractivity contribution is 0.0160. The van der Waals surface area contributed by atoms with Crippen molar-refractivity contribution in [1.29, 1.82) is 0 Å². The second kappa shape index (κ2) is 6.54. The first kappa shape index (κ1) is 10.8. The van der Waals surface area contributed by atoms with Crippen molar-refractivity contribution < 1.29 is 14.9 Å². The number of hydrogen-bond acceptors (Lipinski definition) is 4. The Morgan fingerprint density at radius 3 is 2.64 bits per heavy atom. The first-order valence-corrected chi connectivity index (χ1v) is 3.79. The minimum absolute atomic E-state index is 0.00903. The fraction of sp³-hybridized carbons (Fsp3) is 1.00. The lowest BCUT2D eigenvalue weighted by atomic mass is 10.2. The minimum Gasteiger partial charge on any atom is -0.394 e. The molecular weight excluding hydrogens is 146 g/mol. The van der Waals surface area contributed by atoms with E-state index in [0.29, 0.717) is 6.42 Å². The van der Waals surface area contributed by atoms with Crippen LogP contribution in [0.25, 0.3) is 0 Å². The van der Waals surface area contributed by atoms with E-state index < -0.39 is 6.10 Å². The lowest BCUT2D eigenvalue weighted by Crippen LogP contribution is -2.26. The van der Waals surface area contributed by atoms with Gasteiger partial charge in [-0.1, -0.05) is 0 Å². The fourth-order valence-electron chi connectivity index (χ4n) is 0.781. The molecule has 68 valence electrons. The zero-order valence-electron chi connectivity index (χ0n) is 6.86. The number of aliphatic hydroxyl groups is 2. The summed E-state index contributed by atoms with van der Waals surface area (Å²) in [4.78, 5) is 0. The van der Waals surface area contributed by atoms with Crippen LogP contribution in [0, 0.1) is 0 Å². The molecule has 0 rings (SSSR count). The predicted molar refractivity (Wildman–Crippen MR) is 42.2 cm³/mol. The average Bonchev–Trinajstić information content (AvgIpc) is 1.86. The van der Waals surface area contributed by atoms with Gasteiger partial charge in [-0.2, -0.15) is 0 Å². The standard InChI is InChI=1S/C7H17NO3/c1-6(8)4-7(10)5-11-3-2-9/h6-7,9-10H,2-5,8H2,1H3. The number of aliphatic hydroxyl groups excluding tert-OH is 2. The van der Waals surface area contributed by atoms with Crippen LogP contribution in [-0.4, -0.2) is 42.2 Å². The van der Waals surface area contributed by atoms with Crippen molar-refractivity contribution in [3.05, 3.63) is 0 Å². The summed E-state index contributed by atoms with van der Waals surface area (Å²) < 4.78 is 4.89. The molecule has 4 N–H and O–H groups in total. The number of ether oxygens (including phenoxy) is 1. The highest BCUT2D eigenvalue weighted by Gasteiger charge is 2.06. The third-order valence-electron chi connectivity index (χ3n) is 1.19. The van der Waals surface area contributed by atoms with Crippen LogP contribution in [0.1, 0.15) is 13.3 Å². The van der Waals surface area contributed by atoms with Gasteiger partial charge >= 0.3 is 0 Å². The Hall–Kier alpha value is -0.160. The molecule has 0 aliphatic rings. The lowest BCUT2D eigenvalue weighted by Gasteiger charge is -2.12. The molecule has 4 nitrogen and oxygen atoms in total. The molecule has 0 aromatic carbocycles. The zero-order chi connectivity index (χ0) is 8.69. The van der Waals surface area contributed by atoms with Crippen LogP contribution in [0.2, 0.25) is 0 Å². The number of hydrogen-bond donors (Lipinski definition) is 3. The second-order valence-corrected chi connectivity index (χ2v) is 2.67. The Labute approximate surface area is 67.0 Å². The summed E-state index contributed by atoms with van der Waals surface area (Å²) in [6, 6.07) is -0.0114. The quantitative estimate of drug-likeness (QED) is 0.443. The number of rotatable bonds is 6. The molecule has 0 spiro atoms. The summed E-state index contributed by atoms with van der Waals surface area (Å²) in [7, 11) is 0. The SMILES string of the molecule is CC(N)CC(O)COCCO. The maximum atomic E-state index is 9.16. The Bertz CT molecular complexity index is 87.8. The molecule has 0 saturated carbocycles. The highest BCUT2D eigenvalue weighted by atomic mass is 16.5. The van der Waals surface area contributed by atoms with Crippen LogP contribution in [-0.2, 0) is 4.74 Å². The Balaban J connectivity index is 3.15. The molecule has 0 amide bonds. The minimum atomic E-state index is -0.512. The smallest absolute Gasteiger partial charge is 0.0788 e. The Morgan fingerprint density at radius 2 is 2.18 bits per heavy atom. The third kappa shape index (κ3) is 7.74. The van der Waals surface area contributed by atoms with Crippen molar-refractivity contribution in [2.24, 2.45) is 5.73 Å². The Morgan fingerprint density at radius 1 is 1.55 bits per heavy atom. The summed E-state index contributed by atoms with van der Waals surface area (Å²) in [6.07, 6.45) is 0.0207. The van der Waals surface area contributed by atoms with E-state index in [-0.39, 0.29) is 25.9 Å². The maximum Gasteiger partial charge on any atom is 0.0788 e.